The predicted molar refractivity (Wildman–Crippen MR) is 439 cm³/mol. The minimum Gasteiger partial charge on any atom is -0.481 e. The molecule has 684 valence electrons. The van der Waals surface area contributed by atoms with Crippen LogP contribution in [0.2, 0.25) is 0 Å². The van der Waals surface area contributed by atoms with Gasteiger partial charge in [0.15, 0.2) is 11.9 Å². The number of rotatable bonds is 52. The van der Waals surface area contributed by atoms with E-state index in [4.69, 9.17) is 41.2 Å². The highest BCUT2D eigenvalue weighted by molar-refractivity contribution is 6.00. The molecule has 0 aliphatic carbocycles. The number of carboxylic acids is 2. The third-order valence-corrected chi connectivity index (χ3v) is 18.9. The molecule has 1 aromatic heterocycles. The van der Waals surface area contributed by atoms with Crippen LogP contribution in [0.5, 0.6) is 0 Å². The van der Waals surface area contributed by atoms with Crippen molar-refractivity contribution < 1.29 is 110 Å². The number of halogens is 1. The Morgan fingerprint density at radius 3 is 1.23 bits per heavy atom. The third-order valence-electron chi connectivity index (χ3n) is 18.9. The first-order valence-corrected chi connectivity index (χ1v) is 41.0. The number of aromatic nitrogens is 3. The number of benzene rings is 2. The molecule has 0 saturated carbocycles. The molecule has 2 aliphatic rings. The van der Waals surface area contributed by atoms with Crippen LogP contribution in [-0.2, 0) is 121 Å². The molecule has 14 amide bonds. The summed E-state index contributed by atoms with van der Waals surface area (Å²) in [7, 11) is 0. The van der Waals surface area contributed by atoms with E-state index < -0.39 is 170 Å². The summed E-state index contributed by atoms with van der Waals surface area (Å²) in [4.78, 5) is 217. The lowest BCUT2D eigenvalue weighted by atomic mass is 10.0. The van der Waals surface area contributed by atoms with Gasteiger partial charge in [-0.2, -0.15) is 0 Å². The number of hydrogen-bond acceptors (Lipinski definition) is 24. The maximum atomic E-state index is 14.3. The molecule has 3 aromatic rings. The van der Waals surface area contributed by atoms with E-state index in [-0.39, 0.29) is 219 Å². The van der Waals surface area contributed by atoms with Crippen LogP contribution in [0.1, 0.15) is 120 Å². The standard InChI is InChI=1S/C78H118FN23O22/c79-26-11-18-52-48-102(100-99-52)49-65(107)86-31-35-122-37-39-124-41-40-123-38-36-121-34-25-66(108)101(32-23-61(103)84-27-9-7-19-55-71(115)93-53(21-12-29-87-77(80)81)69(113)89-46-63(105)91-59(44-67(109)110)75(119)97-57(73(117)95-55)42-50-14-3-1-4-15-50)33-24-62(104)85-28-10-8-20-56-72(116)94-54(22-13-30-88-78(82)83)70(114)90-47-64(106)92-60(45-68(111)112)76(120)98-58(74(118)96-56)43-51-16-5-2-6-17-51/h1-6,14-17,48,53-60H,7-13,18-47,49H2,(H,84,103)(H,85,104)(H,86,107)(H,89,113)(H,90,114)(H,91,105)(H,92,106)(H,93,115)(H,94,116)(H,95,117)(H,96,118)(H,97,119)(H,98,120)(H,109,110)(H,111,112)(H4,80,81,87)(H4,82,83,88)/t53-,54-,55-,56-,57+,58+,59-,60?/m0/s1. The Hall–Kier alpha value is -12.6. The molecule has 0 radical (unpaired) electrons. The first kappa shape index (κ1) is 102. The Balaban J connectivity index is 1.23. The van der Waals surface area contributed by atoms with Crippen molar-refractivity contribution in [1.29, 1.82) is 10.8 Å². The fourth-order valence-electron chi connectivity index (χ4n) is 12.5. The van der Waals surface area contributed by atoms with Gasteiger partial charge in [-0.05, 0) is 88.2 Å². The van der Waals surface area contributed by atoms with Crippen molar-refractivity contribution in [3.63, 3.8) is 0 Å². The summed E-state index contributed by atoms with van der Waals surface area (Å²) in [5.41, 5.74) is 12.6. The van der Waals surface area contributed by atoms with E-state index in [0.717, 1.165) is 0 Å². The second-order valence-corrected chi connectivity index (χ2v) is 28.9. The molecule has 124 heavy (non-hydrogen) atoms. The van der Waals surface area contributed by atoms with E-state index in [2.05, 4.69) is 90.1 Å². The second-order valence-electron chi connectivity index (χ2n) is 28.9. The summed E-state index contributed by atoms with van der Waals surface area (Å²) >= 11 is 0. The van der Waals surface area contributed by atoms with Gasteiger partial charge in [0.25, 0.3) is 0 Å². The number of guanidine groups is 2. The zero-order chi connectivity index (χ0) is 90.4. The zero-order valence-corrected chi connectivity index (χ0v) is 69.2. The first-order valence-electron chi connectivity index (χ1n) is 41.0. The van der Waals surface area contributed by atoms with Crippen molar-refractivity contribution in [3.05, 3.63) is 83.7 Å². The van der Waals surface area contributed by atoms with Crippen LogP contribution in [0.15, 0.2) is 66.9 Å². The van der Waals surface area contributed by atoms with Crippen LogP contribution in [0.4, 0.5) is 4.39 Å². The van der Waals surface area contributed by atoms with Crippen LogP contribution in [0.25, 0.3) is 0 Å². The number of ether oxygens (including phenoxy) is 4. The molecule has 45 nitrogen and oxygen atoms in total. The van der Waals surface area contributed by atoms with E-state index in [1.807, 2.05) is 0 Å². The van der Waals surface area contributed by atoms with Gasteiger partial charge < -0.3 is 125 Å². The van der Waals surface area contributed by atoms with E-state index in [9.17, 15) is 91.3 Å². The van der Waals surface area contributed by atoms with Crippen LogP contribution in [0.3, 0.4) is 0 Å². The van der Waals surface area contributed by atoms with Gasteiger partial charge in [0.2, 0.25) is 82.7 Å². The molecular weight excluding hydrogens is 1630 g/mol. The highest BCUT2D eigenvalue weighted by Gasteiger charge is 2.36. The molecule has 3 heterocycles. The average Bonchev–Trinajstić information content (AvgIpc) is 1.35. The number of alkyl halides is 1. The number of unbranched alkanes of at least 4 members (excludes halogenated alkanes) is 2. The molecule has 2 aliphatic heterocycles. The highest BCUT2D eigenvalue weighted by atomic mass is 19.1. The van der Waals surface area contributed by atoms with Gasteiger partial charge in [0.05, 0.1) is 97.6 Å². The van der Waals surface area contributed by atoms with Crippen molar-refractivity contribution in [3.8, 4) is 0 Å². The van der Waals surface area contributed by atoms with Crippen LogP contribution in [-0.4, -0.2) is 303 Å². The maximum Gasteiger partial charge on any atom is 0.305 e. The number of aliphatic carboxylic acids is 2. The smallest absolute Gasteiger partial charge is 0.305 e. The number of aryl methyl sites for hydroxylation is 1. The first-order chi connectivity index (χ1) is 59.5. The van der Waals surface area contributed by atoms with Gasteiger partial charge in [0, 0.05) is 77.7 Å². The largest absolute Gasteiger partial charge is 0.481 e. The SMILES string of the molecule is N=C(N)NCCC[C@@H]1NC(=O)[C@H](CCCCNC(=O)CCN(CCC(=O)NCCCC[C@@H]2NC(=O)[C@@H](Cc3ccccc3)NC(=O)[C@H](CC(=O)O)NC(=O)CNC(=O)[C@H](CCCNC(=N)N)NC2=O)C(=O)CCOCCOCCOCCOCCNC(=O)Cn2cc(CCCF)nn2)NC(=O)[C@@H](Cc2ccccc2)NC(=O)C(CC(=O)O)NC(=O)CNC1=O. The van der Waals surface area contributed by atoms with Crippen molar-refractivity contribution in [2.45, 2.75) is 177 Å². The van der Waals surface area contributed by atoms with E-state index in [1.54, 1.807) is 66.9 Å². The van der Waals surface area contributed by atoms with Crippen molar-refractivity contribution >= 4 is 107 Å². The van der Waals surface area contributed by atoms with Gasteiger partial charge in [-0.15, -0.1) is 5.10 Å². The van der Waals surface area contributed by atoms with Gasteiger partial charge in [0.1, 0.15) is 54.9 Å². The molecule has 46 heteroatoms. The van der Waals surface area contributed by atoms with Crippen LogP contribution >= 0.6 is 0 Å². The fourth-order valence-corrected chi connectivity index (χ4v) is 12.5. The minimum absolute atomic E-state index is 0.00502. The molecule has 0 bridgehead atoms. The summed E-state index contributed by atoms with van der Waals surface area (Å²) in [6.45, 7) is -0.723. The lowest BCUT2D eigenvalue weighted by Gasteiger charge is -2.26. The van der Waals surface area contributed by atoms with E-state index in [0.29, 0.717) is 29.7 Å². The van der Waals surface area contributed by atoms with Crippen molar-refractivity contribution in [2.24, 2.45) is 11.5 Å². The molecule has 2 saturated heterocycles. The molecule has 1 unspecified atom stereocenters. The molecule has 8 atom stereocenters. The minimum atomic E-state index is -1.71. The molecular formula is C78H118FN23O22. The van der Waals surface area contributed by atoms with Gasteiger partial charge in [-0.1, -0.05) is 65.9 Å². The summed E-state index contributed by atoms with van der Waals surface area (Å²) in [6, 6.07) is 5.02. The summed E-state index contributed by atoms with van der Waals surface area (Å²) < 4.78 is 36.2. The number of amides is 14. The van der Waals surface area contributed by atoms with E-state index in [1.165, 1.54) is 9.58 Å². The monoisotopic (exact) mass is 1750 g/mol. The van der Waals surface area contributed by atoms with Crippen LogP contribution < -0.4 is 91.2 Å². The number of nitrogens with zero attached hydrogens (tertiary/aromatic N) is 4. The Labute approximate surface area is 715 Å². The average molecular weight is 1750 g/mol. The lowest BCUT2D eigenvalue weighted by molar-refractivity contribution is -0.141. The third kappa shape index (κ3) is 43.3. The topological polar surface area (TPSA) is 665 Å². The summed E-state index contributed by atoms with van der Waals surface area (Å²) in [5, 5.41) is 80.7. The Bertz CT molecular complexity index is 3790. The number of nitrogens with one attached hydrogen (secondary N) is 17. The molecule has 0 spiro atoms. The van der Waals surface area contributed by atoms with E-state index >= 15 is 0 Å². The fraction of sp³-hybridized carbons (Fsp3) is 0.590. The normalized spacial score (nSPS) is 18.8. The molecule has 5 rings (SSSR count). The van der Waals surface area contributed by atoms with Crippen molar-refractivity contribution in [2.75, 3.05) is 118 Å². The molecule has 23 N–H and O–H groups in total. The van der Waals surface area contributed by atoms with Gasteiger partial charge in [-0.25, -0.2) is 4.68 Å². The number of carbonyl (C=O) groups excluding carboxylic acids is 14. The molecule has 2 aromatic carbocycles. The number of carboxylic acid groups (broad SMARTS) is 2. The van der Waals surface area contributed by atoms with Crippen LogP contribution in [0, 0.1) is 10.8 Å². The van der Waals surface area contributed by atoms with Gasteiger partial charge in [-0.3, -0.25) is 91.9 Å². The Morgan fingerprint density at radius 1 is 0.444 bits per heavy atom. The Morgan fingerprint density at radius 2 is 0.815 bits per heavy atom. The summed E-state index contributed by atoms with van der Waals surface area (Å²) in [5.74, 6) is -14.7. The summed E-state index contributed by atoms with van der Waals surface area (Å²) in [6.07, 6.45) is 0.111. The predicted octanol–water partition coefficient (Wildman–Crippen LogP) is -5.97. The highest BCUT2D eigenvalue weighted by Crippen LogP contribution is 2.14. The number of carbonyl (C=O) groups is 16. The zero-order valence-electron chi connectivity index (χ0n) is 69.2. The number of nitrogens with two attached hydrogens (primary N) is 2. The number of hydrogen-bond donors (Lipinski definition) is 21. The lowest BCUT2D eigenvalue weighted by Crippen LogP contribution is -2.58. The van der Waals surface area contributed by atoms with Crippen molar-refractivity contribution in [1.82, 2.24) is 99.6 Å². The second kappa shape index (κ2) is 58.4. The molecule has 2 fully saturated rings. The quantitative estimate of drug-likeness (QED) is 0.0142. The Kier molecular flexibility index (Phi) is 48.0. The van der Waals surface area contributed by atoms with Gasteiger partial charge >= 0.3 is 11.9 Å². The maximum absolute atomic E-state index is 14.3.